The Labute approximate surface area is 168 Å². The summed E-state index contributed by atoms with van der Waals surface area (Å²) in [5.74, 6) is 0.357. The van der Waals surface area contributed by atoms with E-state index >= 15 is 0 Å². The molecule has 2 rings (SSSR count). The Kier molecular flexibility index (Phi) is 7.82. The molecule has 0 aliphatic heterocycles. The fourth-order valence-corrected chi connectivity index (χ4v) is 4.39. The SMILES string of the molecule is CCN(CC)S(=O)(=O)c1cccc(C(=O)NCCOc2cccc(Br)c2)c1. The number of ether oxygens (including phenoxy) is 1. The molecule has 2 aromatic carbocycles. The van der Waals surface area contributed by atoms with Crippen LogP contribution in [0, 0.1) is 0 Å². The minimum atomic E-state index is -3.60. The van der Waals surface area contributed by atoms with Crippen molar-refractivity contribution in [2.45, 2.75) is 18.7 Å². The van der Waals surface area contributed by atoms with Crippen LogP contribution in [0.1, 0.15) is 24.2 Å². The Morgan fingerprint density at radius 3 is 2.48 bits per heavy atom. The van der Waals surface area contributed by atoms with Crippen LogP contribution in [0.2, 0.25) is 0 Å². The summed E-state index contributed by atoms with van der Waals surface area (Å²) in [4.78, 5) is 12.4. The number of nitrogens with one attached hydrogen (secondary N) is 1. The molecule has 0 saturated heterocycles. The Hall–Kier alpha value is -1.90. The van der Waals surface area contributed by atoms with Gasteiger partial charge in [-0.2, -0.15) is 4.31 Å². The van der Waals surface area contributed by atoms with Gasteiger partial charge < -0.3 is 10.1 Å². The number of hydrogen-bond donors (Lipinski definition) is 1. The number of carbonyl (C=O) groups excluding carboxylic acids is 1. The van der Waals surface area contributed by atoms with E-state index in [0.717, 1.165) is 4.47 Å². The lowest BCUT2D eigenvalue weighted by Crippen LogP contribution is -2.31. The van der Waals surface area contributed by atoms with Gasteiger partial charge in [0.1, 0.15) is 12.4 Å². The Bertz CT molecular complexity index is 883. The normalized spacial score (nSPS) is 11.4. The van der Waals surface area contributed by atoms with Crippen LogP contribution in [-0.2, 0) is 10.0 Å². The molecule has 0 radical (unpaired) electrons. The number of halogens is 1. The van der Waals surface area contributed by atoms with Crippen molar-refractivity contribution in [2.75, 3.05) is 26.2 Å². The van der Waals surface area contributed by atoms with Crippen molar-refractivity contribution in [1.82, 2.24) is 9.62 Å². The van der Waals surface area contributed by atoms with Crippen LogP contribution in [0.25, 0.3) is 0 Å². The molecule has 1 N–H and O–H groups in total. The summed E-state index contributed by atoms with van der Waals surface area (Å²) in [6.07, 6.45) is 0. The van der Waals surface area contributed by atoms with Gasteiger partial charge in [0, 0.05) is 23.1 Å². The number of amides is 1. The van der Waals surface area contributed by atoms with Crippen molar-refractivity contribution >= 4 is 31.9 Å². The molecule has 0 fully saturated rings. The van der Waals surface area contributed by atoms with Crippen LogP contribution in [0.4, 0.5) is 0 Å². The standard InChI is InChI=1S/C19H23BrN2O4S/c1-3-22(4-2)27(24,25)18-10-5-7-15(13-18)19(23)21-11-12-26-17-9-6-8-16(20)14-17/h5-10,13-14H,3-4,11-12H2,1-2H3,(H,21,23). The number of hydrogen-bond acceptors (Lipinski definition) is 4. The summed E-state index contributed by atoms with van der Waals surface area (Å²) in [7, 11) is -3.60. The van der Waals surface area contributed by atoms with Gasteiger partial charge in [-0.3, -0.25) is 4.79 Å². The van der Waals surface area contributed by atoms with Gasteiger partial charge in [0.2, 0.25) is 10.0 Å². The quantitative estimate of drug-likeness (QED) is 0.589. The van der Waals surface area contributed by atoms with E-state index in [-0.39, 0.29) is 10.8 Å². The highest BCUT2D eigenvalue weighted by molar-refractivity contribution is 9.10. The fourth-order valence-electron chi connectivity index (χ4n) is 2.50. The Morgan fingerprint density at radius 2 is 1.81 bits per heavy atom. The van der Waals surface area contributed by atoms with Gasteiger partial charge in [0.05, 0.1) is 11.4 Å². The highest BCUT2D eigenvalue weighted by Crippen LogP contribution is 2.18. The molecule has 0 unspecified atom stereocenters. The average Bonchev–Trinajstić information content (AvgIpc) is 2.66. The van der Waals surface area contributed by atoms with E-state index in [1.807, 2.05) is 24.3 Å². The molecule has 0 atom stereocenters. The average molecular weight is 455 g/mol. The number of carbonyl (C=O) groups is 1. The Balaban J connectivity index is 1.97. The second kappa shape index (κ2) is 9.87. The van der Waals surface area contributed by atoms with E-state index in [1.165, 1.54) is 16.4 Å². The van der Waals surface area contributed by atoms with Gasteiger partial charge in [-0.15, -0.1) is 0 Å². The minimum absolute atomic E-state index is 0.115. The molecule has 0 aliphatic rings. The van der Waals surface area contributed by atoms with Gasteiger partial charge in [-0.05, 0) is 36.4 Å². The van der Waals surface area contributed by atoms with E-state index in [9.17, 15) is 13.2 Å². The summed E-state index contributed by atoms with van der Waals surface area (Å²) in [6, 6.07) is 13.5. The largest absolute Gasteiger partial charge is 0.492 e. The molecular weight excluding hydrogens is 432 g/mol. The maximum Gasteiger partial charge on any atom is 0.251 e. The first kappa shape index (κ1) is 21.4. The lowest BCUT2D eigenvalue weighted by Gasteiger charge is -2.18. The number of rotatable bonds is 9. The molecule has 0 aromatic heterocycles. The molecule has 6 nitrogen and oxygen atoms in total. The van der Waals surface area contributed by atoms with Crippen molar-refractivity contribution in [3.05, 3.63) is 58.6 Å². The highest BCUT2D eigenvalue weighted by atomic mass is 79.9. The van der Waals surface area contributed by atoms with Crippen molar-refractivity contribution < 1.29 is 17.9 Å². The monoisotopic (exact) mass is 454 g/mol. The van der Waals surface area contributed by atoms with E-state index in [2.05, 4.69) is 21.2 Å². The highest BCUT2D eigenvalue weighted by Gasteiger charge is 2.22. The van der Waals surface area contributed by atoms with E-state index < -0.39 is 10.0 Å². The van der Waals surface area contributed by atoms with Crippen molar-refractivity contribution in [3.63, 3.8) is 0 Å². The zero-order valence-corrected chi connectivity index (χ0v) is 17.7. The van der Waals surface area contributed by atoms with E-state index in [1.54, 1.807) is 26.0 Å². The molecular formula is C19H23BrN2O4S. The first-order valence-corrected chi connectivity index (χ1v) is 10.9. The minimum Gasteiger partial charge on any atom is -0.492 e. The topological polar surface area (TPSA) is 75.7 Å². The van der Waals surface area contributed by atoms with Gasteiger partial charge in [-0.1, -0.05) is 41.9 Å². The van der Waals surface area contributed by atoms with Crippen molar-refractivity contribution in [1.29, 1.82) is 0 Å². The number of benzene rings is 2. The molecule has 0 spiro atoms. The molecule has 0 saturated carbocycles. The van der Waals surface area contributed by atoms with Crippen LogP contribution < -0.4 is 10.1 Å². The first-order valence-electron chi connectivity index (χ1n) is 8.65. The second-order valence-corrected chi connectivity index (χ2v) is 8.53. The maximum atomic E-state index is 12.6. The third-order valence-electron chi connectivity index (χ3n) is 3.89. The lowest BCUT2D eigenvalue weighted by molar-refractivity contribution is 0.0946. The van der Waals surface area contributed by atoms with Crippen LogP contribution >= 0.6 is 15.9 Å². The molecule has 27 heavy (non-hydrogen) atoms. The van der Waals surface area contributed by atoms with Gasteiger partial charge in [0.25, 0.3) is 5.91 Å². The first-order chi connectivity index (χ1) is 12.9. The number of sulfonamides is 1. The van der Waals surface area contributed by atoms with Gasteiger partial charge in [0.15, 0.2) is 0 Å². The van der Waals surface area contributed by atoms with Crippen LogP contribution in [0.5, 0.6) is 5.75 Å². The Morgan fingerprint density at radius 1 is 1.11 bits per heavy atom. The summed E-state index contributed by atoms with van der Waals surface area (Å²) in [5.41, 5.74) is 0.297. The summed E-state index contributed by atoms with van der Waals surface area (Å²) in [5, 5.41) is 2.74. The molecule has 8 heteroatoms. The molecule has 1 amide bonds. The molecule has 0 heterocycles. The number of nitrogens with zero attached hydrogens (tertiary/aromatic N) is 1. The second-order valence-electron chi connectivity index (χ2n) is 5.68. The summed E-state index contributed by atoms with van der Waals surface area (Å²) in [6.45, 7) is 4.92. The summed E-state index contributed by atoms with van der Waals surface area (Å²) >= 11 is 3.37. The smallest absolute Gasteiger partial charge is 0.251 e. The van der Waals surface area contributed by atoms with Gasteiger partial charge >= 0.3 is 0 Å². The molecule has 146 valence electrons. The zero-order chi connectivity index (χ0) is 19.9. The van der Waals surface area contributed by atoms with Gasteiger partial charge in [-0.25, -0.2) is 8.42 Å². The van der Waals surface area contributed by atoms with Crippen molar-refractivity contribution in [3.8, 4) is 5.75 Å². The van der Waals surface area contributed by atoms with Crippen molar-refractivity contribution in [2.24, 2.45) is 0 Å². The molecule has 0 bridgehead atoms. The maximum absolute atomic E-state index is 12.6. The predicted molar refractivity (Wildman–Crippen MR) is 109 cm³/mol. The molecule has 0 aliphatic carbocycles. The zero-order valence-electron chi connectivity index (χ0n) is 15.3. The predicted octanol–water partition coefficient (Wildman–Crippen LogP) is 3.29. The van der Waals surface area contributed by atoms with E-state index in [0.29, 0.717) is 37.6 Å². The third-order valence-corrected chi connectivity index (χ3v) is 6.43. The summed E-state index contributed by atoms with van der Waals surface area (Å²) < 4.78 is 33.0. The van der Waals surface area contributed by atoms with Crippen LogP contribution in [0.3, 0.4) is 0 Å². The molecule has 2 aromatic rings. The van der Waals surface area contributed by atoms with Crippen LogP contribution in [-0.4, -0.2) is 44.9 Å². The lowest BCUT2D eigenvalue weighted by atomic mass is 10.2. The fraction of sp³-hybridized carbons (Fsp3) is 0.316. The third kappa shape index (κ3) is 5.79. The van der Waals surface area contributed by atoms with E-state index in [4.69, 9.17) is 4.74 Å². The van der Waals surface area contributed by atoms with Crippen LogP contribution in [0.15, 0.2) is 57.9 Å².